The second kappa shape index (κ2) is 3.47. The lowest BCUT2D eigenvalue weighted by molar-refractivity contribution is 0.588. The third-order valence-electron chi connectivity index (χ3n) is 1.76. The lowest BCUT2D eigenvalue weighted by atomic mass is 10.0. The highest BCUT2D eigenvalue weighted by molar-refractivity contribution is 4.84. The summed E-state index contributed by atoms with van der Waals surface area (Å²) in [6.07, 6.45) is 3.29. The van der Waals surface area contributed by atoms with E-state index in [0.717, 1.165) is 32.4 Å². The molecule has 52 valence electrons. The Labute approximate surface area is 57.4 Å². The van der Waals surface area contributed by atoms with Gasteiger partial charge in [-0.3, -0.25) is 0 Å². The molecule has 1 atom stereocenters. The molecule has 0 bridgehead atoms. The van der Waals surface area contributed by atoms with Crippen molar-refractivity contribution in [3.63, 3.8) is 0 Å². The first-order chi connectivity index (χ1) is 4.43. The zero-order valence-electron chi connectivity index (χ0n) is 5.56. The maximum atomic E-state index is 8.54. The largest absolute Gasteiger partial charge is 0.317 e. The standard InChI is InChI=1S/C7H12N2.H2/c8-6-7-2-1-4-9-5-3-7;/h7,9H,1-5H2;1H. The molecule has 2 nitrogen and oxygen atoms in total. The fraction of sp³-hybridized carbons (Fsp3) is 0.857. The highest BCUT2D eigenvalue weighted by Crippen LogP contribution is 2.10. The van der Waals surface area contributed by atoms with E-state index < -0.39 is 0 Å². The summed E-state index contributed by atoms with van der Waals surface area (Å²) >= 11 is 0. The van der Waals surface area contributed by atoms with Gasteiger partial charge in [0.15, 0.2) is 0 Å². The quantitative estimate of drug-likeness (QED) is 0.528. The molecular weight excluding hydrogens is 112 g/mol. The summed E-state index contributed by atoms with van der Waals surface area (Å²) in [5.41, 5.74) is 0. The predicted octanol–water partition coefficient (Wildman–Crippen LogP) is 1.15. The average molecular weight is 126 g/mol. The minimum atomic E-state index is 0. The van der Waals surface area contributed by atoms with E-state index in [1.165, 1.54) is 0 Å². The number of hydrogen-bond donors (Lipinski definition) is 1. The molecule has 1 aliphatic rings. The molecule has 0 aliphatic carbocycles. The van der Waals surface area contributed by atoms with Crippen LogP contribution in [-0.4, -0.2) is 13.1 Å². The van der Waals surface area contributed by atoms with Gasteiger partial charge in [-0.1, -0.05) is 0 Å². The van der Waals surface area contributed by atoms with Gasteiger partial charge in [0.05, 0.1) is 6.07 Å². The van der Waals surface area contributed by atoms with Crippen LogP contribution in [0.3, 0.4) is 0 Å². The van der Waals surface area contributed by atoms with Crippen molar-refractivity contribution in [2.75, 3.05) is 13.1 Å². The summed E-state index contributed by atoms with van der Waals surface area (Å²) in [6, 6.07) is 2.30. The van der Waals surface area contributed by atoms with Crippen molar-refractivity contribution in [1.29, 1.82) is 5.26 Å². The van der Waals surface area contributed by atoms with Crippen molar-refractivity contribution >= 4 is 0 Å². The SMILES string of the molecule is N#CC1CCCNCC1.[HH]. The number of nitrogens with one attached hydrogen (secondary N) is 1. The zero-order chi connectivity index (χ0) is 6.53. The predicted molar refractivity (Wildman–Crippen MR) is 37.9 cm³/mol. The van der Waals surface area contributed by atoms with E-state index in [0.29, 0.717) is 5.92 Å². The Morgan fingerprint density at radius 2 is 2.33 bits per heavy atom. The molecule has 1 aliphatic heterocycles. The molecule has 2 heteroatoms. The summed E-state index contributed by atoms with van der Waals surface area (Å²) in [4.78, 5) is 0. The van der Waals surface area contributed by atoms with Gasteiger partial charge in [0.25, 0.3) is 0 Å². The second-order valence-corrected chi connectivity index (χ2v) is 2.51. The topological polar surface area (TPSA) is 35.8 Å². The monoisotopic (exact) mass is 126 g/mol. The van der Waals surface area contributed by atoms with Gasteiger partial charge in [-0.2, -0.15) is 5.26 Å². The minimum Gasteiger partial charge on any atom is -0.317 e. The summed E-state index contributed by atoms with van der Waals surface area (Å²) < 4.78 is 0. The summed E-state index contributed by atoms with van der Waals surface area (Å²) in [6.45, 7) is 2.12. The normalized spacial score (nSPS) is 28.6. The first kappa shape index (κ1) is 6.57. The van der Waals surface area contributed by atoms with E-state index in [1.54, 1.807) is 0 Å². The second-order valence-electron chi connectivity index (χ2n) is 2.51. The molecule has 0 spiro atoms. The fourth-order valence-electron chi connectivity index (χ4n) is 1.15. The van der Waals surface area contributed by atoms with Crippen LogP contribution in [-0.2, 0) is 0 Å². The third kappa shape index (κ3) is 2.03. The maximum Gasteiger partial charge on any atom is 0.0656 e. The van der Waals surface area contributed by atoms with Gasteiger partial charge in [0, 0.05) is 7.34 Å². The molecule has 1 rings (SSSR count). The Bertz CT molecular complexity index is 111. The third-order valence-corrected chi connectivity index (χ3v) is 1.76. The molecule has 1 N–H and O–H groups in total. The molecule has 1 saturated heterocycles. The van der Waals surface area contributed by atoms with Crippen LogP contribution in [0.4, 0.5) is 0 Å². The molecule has 0 aromatic carbocycles. The van der Waals surface area contributed by atoms with Gasteiger partial charge in [-0.05, 0) is 32.4 Å². The van der Waals surface area contributed by atoms with Gasteiger partial charge in [-0.15, -0.1) is 0 Å². The summed E-state index contributed by atoms with van der Waals surface area (Å²) in [5.74, 6) is 0.319. The Kier molecular flexibility index (Phi) is 2.53. The van der Waals surface area contributed by atoms with Crippen LogP contribution in [0, 0.1) is 17.2 Å². The Morgan fingerprint density at radius 3 is 3.11 bits per heavy atom. The molecule has 0 radical (unpaired) electrons. The minimum absolute atomic E-state index is 0. The maximum absolute atomic E-state index is 8.54. The Morgan fingerprint density at radius 1 is 1.44 bits per heavy atom. The van der Waals surface area contributed by atoms with Crippen molar-refractivity contribution in [3.8, 4) is 6.07 Å². The Balaban J connectivity index is 0.000000810. The molecule has 1 fully saturated rings. The highest BCUT2D eigenvalue weighted by atomic mass is 14.8. The summed E-state index contributed by atoms with van der Waals surface area (Å²) in [7, 11) is 0. The van der Waals surface area contributed by atoms with E-state index in [9.17, 15) is 0 Å². The van der Waals surface area contributed by atoms with Gasteiger partial charge < -0.3 is 5.32 Å². The Hall–Kier alpha value is -0.550. The van der Waals surface area contributed by atoms with Crippen LogP contribution >= 0.6 is 0 Å². The molecule has 1 unspecified atom stereocenters. The van der Waals surface area contributed by atoms with E-state index >= 15 is 0 Å². The van der Waals surface area contributed by atoms with Crippen LogP contribution < -0.4 is 5.32 Å². The first-order valence-corrected chi connectivity index (χ1v) is 3.54. The molecule has 0 amide bonds. The molecular formula is C7H14N2. The van der Waals surface area contributed by atoms with E-state index in [-0.39, 0.29) is 1.43 Å². The van der Waals surface area contributed by atoms with Crippen molar-refractivity contribution in [1.82, 2.24) is 5.32 Å². The van der Waals surface area contributed by atoms with E-state index in [1.807, 2.05) is 0 Å². The molecule has 1 heterocycles. The van der Waals surface area contributed by atoms with Gasteiger partial charge in [0.2, 0.25) is 0 Å². The molecule has 0 saturated carbocycles. The molecule has 9 heavy (non-hydrogen) atoms. The van der Waals surface area contributed by atoms with Gasteiger partial charge in [-0.25, -0.2) is 0 Å². The fourth-order valence-corrected chi connectivity index (χ4v) is 1.15. The van der Waals surface area contributed by atoms with E-state index in [2.05, 4.69) is 11.4 Å². The number of hydrogen-bond acceptors (Lipinski definition) is 2. The first-order valence-electron chi connectivity index (χ1n) is 3.54. The van der Waals surface area contributed by atoms with E-state index in [4.69, 9.17) is 5.26 Å². The average Bonchev–Trinajstić information content (AvgIpc) is 2.13. The molecule has 0 aromatic heterocycles. The van der Waals surface area contributed by atoms with Crippen molar-refractivity contribution in [3.05, 3.63) is 0 Å². The highest BCUT2D eigenvalue weighted by Gasteiger charge is 2.08. The van der Waals surface area contributed by atoms with Crippen molar-refractivity contribution in [2.45, 2.75) is 19.3 Å². The lowest BCUT2D eigenvalue weighted by Gasteiger charge is -1.99. The van der Waals surface area contributed by atoms with Gasteiger partial charge >= 0.3 is 0 Å². The summed E-state index contributed by atoms with van der Waals surface area (Å²) in [5, 5.41) is 11.8. The number of nitrogens with zero attached hydrogens (tertiary/aromatic N) is 1. The van der Waals surface area contributed by atoms with Crippen LogP contribution in [0.2, 0.25) is 0 Å². The van der Waals surface area contributed by atoms with Crippen LogP contribution in [0.1, 0.15) is 20.7 Å². The smallest absolute Gasteiger partial charge is 0.0656 e. The van der Waals surface area contributed by atoms with Gasteiger partial charge in [0.1, 0.15) is 0 Å². The van der Waals surface area contributed by atoms with Crippen LogP contribution in [0.15, 0.2) is 0 Å². The van der Waals surface area contributed by atoms with Crippen molar-refractivity contribution < 1.29 is 1.43 Å². The van der Waals surface area contributed by atoms with Crippen LogP contribution in [0.5, 0.6) is 0 Å². The number of rotatable bonds is 0. The lowest BCUT2D eigenvalue weighted by Crippen LogP contribution is -2.13. The number of nitriles is 1. The molecule has 0 aromatic rings. The zero-order valence-corrected chi connectivity index (χ0v) is 5.56. The van der Waals surface area contributed by atoms with Crippen molar-refractivity contribution in [2.24, 2.45) is 5.92 Å². The van der Waals surface area contributed by atoms with Crippen LogP contribution in [0.25, 0.3) is 0 Å².